The van der Waals surface area contributed by atoms with Crippen molar-refractivity contribution in [3.05, 3.63) is 70.8 Å². The van der Waals surface area contributed by atoms with Crippen LogP contribution in [-0.2, 0) is 16.8 Å². The summed E-state index contributed by atoms with van der Waals surface area (Å²) in [6.07, 6.45) is 0.439. The van der Waals surface area contributed by atoms with Gasteiger partial charge in [-0.1, -0.05) is 24.3 Å². The third kappa shape index (κ3) is 3.09. The second kappa shape index (κ2) is 6.44. The molecule has 2 aromatic rings. The molecule has 4 nitrogen and oxygen atoms in total. The molecule has 0 unspecified atom stereocenters. The first-order valence-electron chi connectivity index (χ1n) is 8.73. The summed E-state index contributed by atoms with van der Waals surface area (Å²) in [4.78, 5) is 18.6. The van der Waals surface area contributed by atoms with Gasteiger partial charge in [-0.25, -0.2) is 13.8 Å². The van der Waals surface area contributed by atoms with Gasteiger partial charge >= 0.3 is 0 Å². The molecule has 0 saturated carbocycles. The number of guanidine groups is 1. The molecule has 1 amide bonds. The van der Waals surface area contributed by atoms with Gasteiger partial charge in [0.05, 0.1) is 5.41 Å². The minimum absolute atomic E-state index is 0.0526. The van der Waals surface area contributed by atoms with E-state index in [1.54, 1.807) is 46.0 Å². The third-order valence-corrected chi connectivity index (χ3v) is 5.59. The van der Waals surface area contributed by atoms with Crippen LogP contribution in [0.25, 0.3) is 0 Å². The number of benzene rings is 2. The van der Waals surface area contributed by atoms with Crippen molar-refractivity contribution in [3.8, 4) is 0 Å². The average molecular weight is 371 g/mol. The van der Waals surface area contributed by atoms with Crippen molar-refractivity contribution >= 4 is 11.9 Å². The van der Waals surface area contributed by atoms with Crippen LogP contribution in [0.1, 0.15) is 37.5 Å². The molecule has 0 fully saturated rings. The van der Waals surface area contributed by atoms with Gasteiger partial charge in [0.25, 0.3) is 0 Å². The van der Waals surface area contributed by atoms with Gasteiger partial charge in [0.1, 0.15) is 17.2 Å². The average Bonchev–Trinajstić information content (AvgIpc) is 2.60. The van der Waals surface area contributed by atoms with Crippen LogP contribution in [0.4, 0.5) is 8.78 Å². The van der Waals surface area contributed by atoms with E-state index in [1.807, 2.05) is 6.07 Å². The van der Waals surface area contributed by atoms with Crippen molar-refractivity contribution < 1.29 is 13.6 Å². The lowest BCUT2D eigenvalue weighted by Crippen LogP contribution is -2.58. The fourth-order valence-electron chi connectivity index (χ4n) is 3.51. The van der Waals surface area contributed by atoms with E-state index in [1.165, 1.54) is 23.1 Å². The van der Waals surface area contributed by atoms with Crippen LogP contribution in [-0.4, -0.2) is 23.8 Å². The first-order valence-corrected chi connectivity index (χ1v) is 8.73. The van der Waals surface area contributed by atoms with E-state index in [4.69, 9.17) is 5.73 Å². The van der Waals surface area contributed by atoms with Crippen LogP contribution in [0, 0.1) is 17.0 Å². The molecule has 3 rings (SSSR count). The Morgan fingerprint density at radius 1 is 1.07 bits per heavy atom. The third-order valence-electron chi connectivity index (χ3n) is 5.59. The first kappa shape index (κ1) is 19.0. The lowest BCUT2D eigenvalue weighted by molar-refractivity contribution is -0.140. The number of hydrogen-bond acceptors (Lipinski definition) is 3. The molecule has 1 aliphatic heterocycles. The van der Waals surface area contributed by atoms with Gasteiger partial charge in [0, 0.05) is 12.6 Å². The van der Waals surface area contributed by atoms with Crippen molar-refractivity contribution in [3.63, 3.8) is 0 Å². The topological polar surface area (TPSA) is 58.7 Å². The monoisotopic (exact) mass is 371 g/mol. The second-order valence-electron chi connectivity index (χ2n) is 7.65. The SMILES string of the molecule is CN1C(=O)C(C)(C)[C@@](C)(c2cc(Cc3cccc(F)c3)ccc2F)N=C1N. The summed E-state index contributed by atoms with van der Waals surface area (Å²) in [5, 5.41) is 0. The Morgan fingerprint density at radius 3 is 2.41 bits per heavy atom. The molecule has 6 heteroatoms. The van der Waals surface area contributed by atoms with Gasteiger partial charge in [-0.3, -0.25) is 9.69 Å². The number of rotatable bonds is 3. The van der Waals surface area contributed by atoms with E-state index in [0.29, 0.717) is 12.0 Å². The quantitative estimate of drug-likeness (QED) is 0.896. The minimum Gasteiger partial charge on any atom is -0.369 e. The van der Waals surface area contributed by atoms with Crippen LogP contribution in [0.15, 0.2) is 47.5 Å². The predicted octanol–water partition coefficient (Wildman–Crippen LogP) is 3.58. The summed E-state index contributed by atoms with van der Waals surface area (Å²) in [6, 6.07) is 11.0. The molecular formula is C21H23F2N3O. The number of aliphatic imine (C=N–C) groups is 1. The zero-order valence-electron chi connectivity index (χ0n) is 15.9. The number of halogens is 2. The molecule has 1 aliphatic rings. The highest BCUT2D eigenvalue weighted by atomic mass is 19.1. The molecule has 0 aliphatic carbocycles. The van der Waals surface area contributed by atoms with Crippen molar-refractivity contribution in [2.24, 2.45) is 16.1 Å². The van der Waals surface area contributed by atoms with E-state index in [2.05, 4.69) is 4.99 Å². The predicted molar refractivity (Wildman–Crippen MR) is 101 cm³/mol. The van der Waals surface area contributed by atoms with Crippen LogP contribution < -0.4 is 5.73 Å². The highest BCUT2D eigenvalue weighted by Gasteiger charge is 2.53. The summed E-state index contributed by atoms with van der Waals surface area (Å²) >= 11 is 0. The van der Waals surface area contributed by atoms with Crippen LogP contribution >= 0.6 is 0 Å². The standard InChI is InChI=1S/C21H23F2N3O/c1-20(2)18(27)26(4)19(24)25-21(20,3)16-12-14(8-9-17(16)23)10-13-6-5-7-15(22)11-13/h5-9,11-12H,10H2,1-4H3,(H2,24,25)/t21-/m1/s1. The van der Waals surface area contributed by atoms with Gasteiger partial charge < -0.3 is 5.73 Å². The molecule has 0 bridgehead atoms. The number of nitrogens with two attached hydrogens (primary N) is 1. The van der Waals surface area contributed by atoms with Crippen molar-refractivity contribution in [2.75, 3.05) is 7.05 Å². The number of amides is 1. The Bertz CT molecular complexity index is 939. The normalized spacial score (nSPS) is 21.9. The zero-order chi connectivity index (χ0) is 20.0. The number of nitrogens with zero attached hydrogens (tertiary/aromatic N) is 2. The van der Waals surface area contributed by atoms with Crippen molar-refractivity contribution in [1.29, 1.82) is 0 Å². The Labute approximate surface area is 157 Å². The Hall–Kier alpha value is -2.76. The van der Waals surface area contributed by atoms with Gasteiger partial charge in [-0.05, 0) is 56.5 Å². The maximum atomic E-state index is 14.8. The maximum absolute atomic E-state index is 14.8. The van der Waals surface area contributed by atoms with Crippen LogP contribution in [0.2, 0.25) is 0 Å². The Morgan fingerprint density at radius 2 is 1.74 bits per heavy atom. The van der Waals surface area contributed by atoms with E-state index in [-0.39, 0.29) is 17.7 Å². The molecule has 0 radical (unpaired) electrons. The summed E-state index contributed by atoms with van der Waals surface area (Å²) in [7, 11) is 1.55. The van der Waals surface area contributed by atoms with Gasteiger partial charge in [0.15, 0.2) is 5.96 Å². The molecule has 27 heavy (non-hydrogen) atoms. The summed E-state index contributed by atoms with van der Waals surface area (Å²) in [6.45, 7) is 5.19. The van der Waals surface area contributed by atoms with E-state index in [9.17, 15) is 13.6 Å². The van der Waals surface area contributed by atoms with E-state index >= 15 is 0 Å². The zero-order valence-corrected chi connectivity index (χ0v) is 15.9. The summed E-state index contributed by atoms with van der Waals surface area (Å²) < 4.78 is 28.3. The molecule has 142 valence electrons. The van der Waals surface area contributed by atoms with Gasteiger partial charge in [-0.2, -0.15) is 0 Å². The van der Waals surface area contributed by atoms with E-state index in [0.717, 1.165) is 11.1 Å². The molecule has 0 spiro atoms. The number of carbonyl (C=O) groups excluding carboxylic acids is 1. The Kier molecular flexibility index (Phi) is 4.54. The highest BCUT2D eigenvalue weighted by Crippen LogP contribution is 2.47. The molecule has 1 atom stereocenters. The highest BCUT2D eigenvalue weighted by molar-refractivity contribution is 6.01. The largest absolute Gasteiger partial charge is 0.369 e. The Balaban J connectivity index is 2.09. The van der Waals surface area contributed by atoms with Crippen molar-refractivity contribution in [2.45, 2.75) is 32.7 Å². The second-order valence-corrected chi connectivity index (χ2v) is 7.65. The fraction of sp³-hybridized carbons (Fsp3) is 0.333. The van der Waals surface area contributed by atoms with Crippen LogP contribution in [0.3, 0.4) is 0 Å². The van der Waals surface area contributed by atoms with Gasteiger partial charge in [-0.15, -0.1) is 0 Å². The summed E-state index contributed by atoms with van der Waals surface area (Å²) in [5.74, 6) is -0.951. The minimum atomic E-state index is -1.16. The molecule has 0 aromatic heterocycles. The first-order chi connectivity index (χ1) is 12.6. The van der Waals surface area contributed by atoms with Gasteiger partial charge in [0.2, 0.25) is 5.91 Å². The fourth-order valence-corrected chi connectivity index (χ4v) is 3.51. The number of hydrogen-bond donors (Lipinski definition) is 1. The molecule has 0 saturated heterocycles. The maximum Gasteiger partial charge on any atom is 0.237 e. The number of carbonyl (C=O) groups is 1. The summed E-state index contributed by atoms with van der Waals surface area (Å²) in [5.41, 5.74) is 5.64. The lowest BCUT2D eigenvalue weighted by atomic mass is 9.67. The lowest BCUT2D eigenvalue weighted by Gasteiger charge is -2.46. The smallest absolute Gasteiger partial charge is 0.237 e. The van der Waals surface area contributed by atoms with E-state index < -0.39 is 16.8 Å². The molecule has 2 aromatic carbocycles. The molecule has 2 N–H and O–H groups in total. The molecule has 1 heterocycles. The molecular weight excluding hydrogens is 348 g/mol. The van der Waals surface area contributed by atoms with Crippen LogP contribution in [0.5, 0.6) is 0 Å². The van der Waals surface area contributed by atoms with Crippen molar-refractivity contribution in [1.82, 2.24) is 4.90 Å².